The summed E-state index contributed by atoms with van der Waals surface area (Å²) in [6.07, 6.45) is 1.85. The fourth-order valence-corrected chi connectivity index (χ4v) is 1.32. The number of aromatic nitrogens is 1. The maximum atomic E-state index is 4.21. The Hall–Kier alpha value is -0.370. The molecule has 0 N–H and O–H groups in total. The van der Waals surface area contributed by atoms with E-state index in [1.165, 1.54) is 5.01 Å². The van der Waals surface area contributed by atoms with Crippen molar-refractivity contribution in [1.29, 1.82) is 0 Å². The van der Waals surface area contributed by atoms with Gasteiger partial charge in [-0.1, -0.05) is 20.8 Å². The molecule has 0 bridgehead atoms. The monoisotopic (exact) mass is 141 g/mol. The van der Waals surface area contributed by atoms with Crippen molar-refractivity contribution >= 4 is 11.3 Å². The van der Waals surface area contributed by atoms with Gasteiger partial charge in [0.25, 0.3) is 0 Å². The number of rotatable bonds is 0. The van der Waals surface area contributed by atoms with Gasteiger partial charge in [0.2, 0.25) is 0 Å². The van der Waals surface area contributed by atoms with Gasteiger partial charge in [-0.2, -0.15) is 0 Å². The molecule has 9 heavy (non-hydrogen) atoms. The van der Waals surface area contributed by atoms with Gasteiger partial charge >= 0.3 is 0 Å². The Morgan fingerprint density at radius 3 is 2.33 bits per heavy atom. The molecule has 0 atom stereocenters. The van der Waals surface area contributed by atoms with E-state index < -0.39 is 0 Å². The summed E-state index contributed by atoms with van der Waals surface area (Å²) in [5.74, 6) is 0. The predicted molar refractivity (Wildman–Crippen MR) is 40.8 cm³/mol. The third-order valence-corrected chi connectivity index (χ3v) is 2.27. The van der Waals surface area contributed by atoms with Gasteiger partial charge in [0, 0.05) is 17.0 Å². The molecule has 0 radical (unpaired) electrons. The molecule has 0 saturated heterocycles. The van der Waals surface area contributed by atoms with Crippen LogP contribution in [0, 0.1) is 0 Å². The first kappa shape index (κ1) is 6.75. The molecule has 50 valence electrons. The summed E-state index contributed by atoms with van der Waals surface area (Å²) >= 11 is 1.72. The van der Waals surface area contributed by atoms with Gasteiger partial charge in [-0.25, -0.2) is 4.98 Å². The Bertz CT molecular complexity index is 171. The second-order valence-corrected chi connectivity index (χ2v) is 3.98. The zero-order chi connectivity index (χ0) is 6.91. The molecule has 1 heterocycles. The van der Waals surface area contributed by atoms with Crippen molar-refractivity contribution in [3.8, 4) is 0 Å². The molecule has 0 aromatic carbocycles. The molecule has 1 rings (SSSR count). The molecule has 2 heteroatoms. The van der Waals surface area contributed by atoms with Crippen LogP contribution in [0.15, 0.2) is 11.6 Å². The van der Waals surface area contributed by atoms with Gasteiger partial charge in [0.1, 0.15) is 0 Å². The van der Waals surface area contributed by atoms with Gasteiger partial charge in [-0.3, -0.25) is 0 Å². The molecular weight excluding hydrogens is 130 g/mol. The number of hydrogen-bond acceptors (Lipinski definition) is 2. The Labute approximate surface area is 59.8 Å². The summed E-state index contributed by atoms with van der Waals surface area (Å²) in [5, 5.41) is 3.23. The average molecular weight is 141 g/mol. The SMILES string of the molecule is CC(C)(C)c1nccs1. The zero-order valence-corrected chi connectivity index (χ0v) is 6.83. The van der Waals surface area contributed by atoms with Crippen LogP contribution in [-0.2, 0) is 5.41 Å². The minimum atomic E-state index is 0.230. The van der Waals surface area contributed by atoms with E-state index in [1.54, 1.807) is 11.3 Å². The third kappa shape index (κ3) is 1.52. The maximum absolute atomic E-state index is 4.21. The Kier molecular flexibility index (Phi) is 1.58. The van der Waals surface area contributed by atoms with E-state index in [9.17, 15) is 0 Å². The van der Waals surface area contributed by atoms with E-state index in [-0.39, 0.29) is 5.41 Å². The van der Waals surface area contributed by atoms with E-state index in [0.717, 1.165) is 0 Å². The number of thiazole rings is 1. The predicted octanol–water partition coefficient (Wildman–Crippen LogP) is 2.44. The molecule has 1 nitrogen and oxygen atoms in total. The third-order valence-electron chi connectivity index (χ3n) is 1.07. The first-order chi connectivity index (χ1) is 4.11. The standard InChI is InChI=1S/C7H11NS/c1-7(2,3)6-8-4-5-9-6/h4-5H,1-3H3. The number of nitrogens with zero attached hydrogens (tertiary/aromatic N) is 1. The molecule has 1 aromatic rings. The topological polar surface area (TPSA) is 12.9 Å². The highest BCUT2D eigenvalue weighted by molar-refractivity contribution is 7.09. The Balaban J connectivity index is 2.90. The van der Waals surface area contributed by atoms with Crippen molar-refractivity contribution in [3.63, 3.8) is 0 Å². The quantitative estimate of drug-likeness (QED) is 0.540. The van der Waals surface area contributed by atoms with Crippen molar-refractivity contribution in [1.82, 2.24) is 4.98 Å². The van der Waals surface area contributed by atoms with Gasteiger partial charge in [0.15, 0.2) is 0 Å². The van der Waals surface area contributed by atoms with Crippen LogP contribution in [0.2, 0.25) is 0 Å². The van der Waals surface area contributed by atoms with Crippen molar-refractivity contribution < 1.29 is 0 Å². The summed E-state index contributed by atoms with van der Waals surface area (Å²) in [4.78, 5) is 4.21. The summed E-state index contributed by atoms with van der Waals surface area (Å²) in [6.45, 7) is 6.52. The molecule has 0 fully saturated rings. The minimum Gasteiger partial charge on any atom is -0.249 e. The minimum absolute atomic E-state index is 0.230. The molecule has 0 aliphatic rings. The molecule has 0 aliphatic heterocycles. The second kappa shape index (κ2) is 2.10. The summed E-state index contributed by atoms with van der Waals surface area (Å²) in [5.41, 5.74) is 0.230. The van der Waals surface area contributed by atoms with Gasteiger partial charge in [-0.05, 0) is 0 Å². The van der Waals surface area contributed by atoms with E-state index in [0.29, 0.717) is 0 Å². The lowest BCUT2D eigenvalue weighted by atomic mass is 9.98. The van der Waals surface area contributed by atoms with Crippen LogP contribution in [0.1, 0.15) is 25.8 Å². The molecular formula is C7H11NS. The van der Waals surface area contributed by atoms with E-state index >= 15 is 0 Å². The van der Waals surface area contributed by atoms with Crippen LogP contribution < -0.4 is 0 Å². The normalized spacial score (nSPS) is 11.9. The highest BCUT2D eigenvalue weighted by Crippen LogP contribution is 2.23. The lowest BCUT2D eigenvalue weighted by molar-refractivity contribution is 0.585. The molecule has 0 aliphatic carbocycles. The van der Waals surface area contributed by atoms with Crippen molar-refractivity contribution in [2.24, 2.45) is 0 Å². The van der Waals surface area contributed by atoms with Gasteiger partial charge in [0.05, 0.1) is 5.01 Å². The van der Waals surface area contributed by atoms with Crippen LogP contribution >= 0.6 is 11.3 Å². The molecule has 0 amide bonds. The Morgan fingerprint density at radius 1 is 1.44 bits per heavy atom. The molecule has 0 spiro atoms. The fraction of sp³-hybridized carbons (Fsp3) is 0.571. The van der Waals surface area contributed by atoms with Crippen molar-refractivity contribution in [2.75, 3.05) is 0 Å². The van der Waals surface area contributed by atoms with Crippen LogP contribution in [0.3, 0.4) is 0 Å². The van der Waals surface area contributed by atoms with E-state index in [2.05, 4.69) is 25.8 Å². The molecule has 0 saturated carbocycles. The van der Waals surface area contributed by atoms with Gasteiger partial charge < -0.3 is 0 Å². The van der Waals surface area contributed by atoms with Crippen molar-refractivity contribution in [2.45, 2.75) is 26.2 Å². The summed E-state index contributed by atoms with van der Waals surface area (Å²) in [6, 6.07) is 0. The van der Waals surface area contributed by atoms with E-state index in [1.807, 2.05) is 11.6 Å². The summed E-state index contributed by atoms with van der Waals surface area (Å²) in [7, 11) is 0. The average Bonchev–Trinajstić information content (AvgIpc) is 2.08. The summed E-state index contributed by atoms with van der Waals surface area (Å²) < 4.78 is 0. The van der Waals surface area contributed by atoms with Crippen molar-refractivity contribution in [3.05, 3.63) is 16.6 Å². The lowest BCUT2D eigenvalue weighted by Gasteiger charge is -2.12. The Morgan fingerprint density at radius 2 is 2.11 bits per heavy atom. The lowest BCUT2D eigenvalue weighted by Crippen LogP contribution is -2.09. The highest BCUT2D eigenvalue weighted by atomic mass is 32.1. The first-order valence-electron chi connectivity index (χ1n) is 3.00. The smallest absolute Gasteiger partial charge is 0.0978 e. The zero-order valence-electron chi connectivity index (χ0n) is 6.01. The molecule has 1 aromatic heterocycles. The maximum Gasteiger partial charge on any atom is 0.0978 e. The largest absolute Gasteiger partial charge is 0.249 e. The molecule has 0 unspecified atom stereocenters. The van der Waals surface area contributed by atoms with Crippen LogP contribution in [-0.4, -0.2) is 4.98 Å². The van der Waals surface area contributed by atoms with Crippen LogP contribution in [0.25, 0.3) is 0 Å². The first-order valence-corrected chi connectivity index (χ1v) is 3.88. The van der Waals surface area contributed by atoms with E-state index in [4.69, 9.17) is 0 Å². The van der Waals surface area contributed by atoms with Gasteiger partial charge in [-0.15, -0.1) is 11.3 Å². The second-order valence-electron chi connectivity index (χ2n) is 3.09. The highest BCUT2D eigenvalue weighted by Gasteiger charge is 2.15. The van der Waals surface area contributed by atoms with Crippen LogP contribution in [0.5, 0.6) is 0 Å². The fourth-order valence-electron chi connectivity index (χ4n) is 0.594. The number of hydrogen-bond donors (Lipinski definition) is 0. The van der Waals surface area contributed by atoms with Crippen LogP contribution in [0.4, 0.5) is 0 Å².